The molecular formula is C17H20BrNO. The number of ether oxygens (including phenoxy) is 1. The number of benzene rings is 2. The van der Waals surface area contributed by atoms with E-state index in [1.54, 1.807) is 0 Å². The molecule has 0 aromatic heterocycles. The largest absolute Gasteiger partial charge is 0.489 e. The highest BCUT2D eigenvalue weighted by molar-refractivity contribution is 9.10. The monoisotopic (exact) mass is 333 g/mol. The van der Waals surface area contributed by atoms with Crippen molar-refractivity contribution in [1.82, 2.24) is 5.32 Å². The molecule has 106 valence electrons. The van der Waals surface area contributed by atoms with Gasteiger partial charge in [-0.2, -0.15) is 0 Å². The van der Waals surface area contributed by atoms with Crippen LogP contribution in [0.15, 0.2) is 53.0 Å². The molecule has 0 amide bonds. The number of rotatable bonds is 6. The zero-order chi connectivity index (χ0) is 14.4. The first-order chi connectivity index (χ1) is 9.67. The highest BCUT2D eigenvalue weighted by Crippen LogP contribution is 2.16. The molecular weight excluding hydrogens is 314 g/mol. The van der Waals surface area contributed by atoms with Crippen molar-refractivity contribution in [2.24, 2.45) is 0 Å². The number of nitrogens with one attached hydrogen (secondary N) is 1. The molecule has 2 nitrogen and oxygen atoms in total. The van der Waals surface area contributed by atoms with E-state index < -0.39 is 0 Å². The van der Waals surface area contributed by atoms with E-state index in [0.717, 1.165) is 16.6 Å². The molecule has 0 heterocycles. The Morgan fingerprint density at radius 3 is 2.20 bits per heavy atom. The van der Waals surface area contributed by atoms with Gasteiger partial charge < -0.3 is 10.1 Å². The Labute approximate surface area is 129 Å². The first kappa shape index (κ1) is 15.1. The fraction of sp³-hybridized carbons (Fsp3) is 0.294. The maximum atomic E-state index is 5.79. The van der Waals surface area contributed by atoms with Crippen molar-refractivity contribution in [3.8, 4) is 5.75 Å². The second-order valence-corrected chi connectivity index (χ2v) is 5.87. The summed E-state index contributed by atoms with van der Waals surface area (Å²) in [5, 5.41) is 3.24. The molecule has 0 bridgehead atoms. The van der Waals surface area contributed by atoms with Gasteiger partial charge in [-0.05, 0) is 55.8 Å². The summed E-state index contributed by atoms with van der Waals surface area (Å²) in [7, 11) is 1.99. The molecule has 0 aliphatic rings. The van der Waals surface area contributed by atoms with Crippen molar-refractivity contribution in [3.63, 3.8) is 0 Å². The Morgan fingerprint density at radius 2 is 1.60 bits per heavy atom. The van der Waals surface area contributed by atoms with Crippen LogP contribution in [0.25, 0.3) is 0 Å². The normalized spacial score (nSPS) is 12.2. The number of hydrogen-bond donors (Lipinski definition) is 1. The van der Waals surface area contributed by atoms with E-state index in [1.807, 2.05) is 31.3 Å². The van der Waals surface area contributed by atoms with Crippen molar-refractivity contribution in [3.05, 3.63) is 64.1 Å². The second kappa shape index (κ2) is 7.46. The molecule has 2 rings (SSSR count). The van der Waals surface area contributed by atoms with Crippen LogP contribution in [0, 0.1) is 0 Å². The van der Waals surface area contributed by atoms with Crippen LogP contribution < -0.4 is 10.1 Å². The maximum Gasteiger partial charge on any atom is 0.119 e. The van der Waals surface area contributed by atoms with E-state index in [2.05, 4.69) is 52.4 Å². The van der Waals surface area contributed by atoms with Crippen LogP contribution in [0.1, 0.15) is 18.1 Å². The minimum Gasteiger partial charge on any atom is -0.489 e. The zero-order valence-corrected chi connectivity index (χ0v) is 13.5. The molecule has 0 aliphatic carbocycles. The van der Waals surface area contributed by atoms with E-state index >= 15 is 0 Å². The Bertz CT molecular complexity index is 522. The van der Waals surface area contributed by atoms with Gasteiger partial charge in [-0.1, -0.05) is 40.2 Å². The molecule has 0 fully saturated rings. The Balaban J connectivity index is 1.89. The lowest BCUT2D eigenvalue weighted by Gasteiger charge is -2.11. The maximum absolute atomic E-state index is 5.79. The SMILES string of the molecule is CNC(C)Cc1ccc(OCc2ccc(Br)cc2)cc1. The molecule has 1 atom stereocenters. The van der Waals surface area contributed by atoms with Crippen LogP contribution in [0.3, 0.4) is 0 Å². The van der Waals surface area contributed by atoms with Gasteiger partial charge in [0.05, 0.1) is 0 Å². The van der Waals surface area contributed by atoms with Gasteiger partial charge >= 0.3 is 0 Å². The highest BCUT2D eigenvalue weighted by atomic mass is 79.9. The van der Waals surface area contributed by atoms with Crippen molar-refractivity contribution >= 4 is 15.9 Å². The summed E-state index contributed by atoms with van der Waals surface area (Å²) in [4.78, 5) is 0. The molecule has 2 aromatic rings. The Morgan fingerprint density at radius 1 is 1.00 bits per heavy atom. The van der Waals surface area contributed by atoms with E-state index in [1.165, 1.54) is 11.1 Å². The van der Waals surface area contributed by atoms with Crippen molar-refractivity contribution < 1.29 is 4.74 Å². The first-order valence-electron chi connectivity index (χ1n) is 6.81. The molecule has 0 saturated heterocycles. The summed E-state index contributed by atoms with van der Waals surface area (Å²) in [6.07, 6.45) is 1.03. The van der Waals surface area contributed by atoms with Gasteiger partial charge in [0.1, 0.15) is 12.4 Å². The van der Waals surface area contributed by atoms with Gasteiger partial charge in [0, 0.05) is 10.5 Å². The molecule has 0 saturated carbocycles. The van der Waals surface area contributed by atoms with Crippen LogP contribution in [-0.4, -0.2) is 13.1 Å². The van der Waals surface area contributed by atoms with E-state index in [0.29, 0.717) is 12.6 Å². The summed E-state index contributed by atoms with van der Waals surface area (Å²) in [6.45, 7) is 2.78. The minimum atomic E-state index is 0.490. The average Bonchev–Trinajstić information content (AvgIpc) is 2.48. The van der Waals surface area contributed by atoms with Gasteiger partial charge in [-0.3, -0.25) is 0 Å². The molecule has 0 spiro atoms. The van der Waals surface area contributed by atoms with Crippen molar-refractivity contribution in [2.75, 3.05) is 7.05 Å². The van der Waals surface area contributed by atoms with Gasteiger partial charge in [-0.25, -0.2) is 0 Å². The lowest BCUT2D eigenvalue weighted by atomic mass is 10.1. The third kappa shape index (κ3) is 4.66. The summed E-state index contributed by atoms with van der Waals surface area (Å²) in [6, 6.07) is 17.0. The topological polar surface area (TPSA) is 21.3 Å². The minimum absolute atomic E-state index is 0.490. The third-order valence-corrected chi connectivity index (χ3v) is 3.81. The molecule has 0 aliphatic heterocycles. The predicted molar refractivity (Wildman–Crippen MR) is 87.1 cm³/mol. The van der Waals surface area contributed by atoms with Crippen LogP contribution in [0.4, 0.5) is 0 Å². The summed E-state index contributed by atoms with van der Waals surface area (Å²) >= 11 is 3.43. The average molecular weight is 334 g/mol. The lowest BCUT2D eigenvalue weighted by Crippen LogP contribution is -2.23. The molecule has 1 N–H and O–H groups in total. The summed E-state index contributed by atoms with van der Waals surface area (Å²) in [5.41, 5.74) is 2.49. The van der Waals surface area contributed by atoms with Crippen LogP contribution in [0.2, 0.25) is 0 Å². The van der Waals surface area contributed by atoms with Crippen LogP contribution >= 0.6 is 15.9 Å². The number of halogens is 1. The van der Waals surface area contributed by atoms with E-state index in [4.69, 9.17) is 4.74 Å². The summed E-state index contributed by atoms with van der Waals surface area (Å²) in [5.74, 6) is 0.911. The van der Waals surface area contributed by atoms with Gasteiger partial charge in [-0.15, -0.1) is 0 Å². The second-order valence-electron chi connectivity index (χ2n) is 4.95. The predicted octanol–water partition coefficient (Wildman–Crippen LogP) is 4.18. The van der Waals surface area contributed by atoms with Crippen molar-refractivity contribution in [1.29, 1.82) is 0 Å². The summed E-state index contributed by atoms with van der Waals surface area (Å²) < 4.78 is 6.87. The lowest BCUT2D eigenvalue weighted by molar-refractivity contribution is 0.306. The van der Waals surface area contributed by atoms with E-state index in [-0.39, 0.29) is 0 Å². The van der Waals surface area contributed by atoms with Crippen molar-refractivity contribution in [2.45, 2.75) is 26.0 Å². The molecule has 1 unspecified atom stereocenters. The van der Waals surface area contributed by atoms with Gasteiger partial charge in [0.15, 0.2) is 0 Å². The van der Waals surface area contributed by atoms with Crippen LogP contribution in [-0.2, 0) is 13.0 Å². The highest BCUT2D eigenvalue weighted by Gasteiger charge is 2.01. The standard InChI is InChI=1S/C17H20BrNO/c1-13(19-2)11-14-5-9-17(10-6-14)20-12-15-3-7-16(18)8-4-15/h3-10,13,19H,11-12H2,1-2H3. The quantitative estimate of drug-likeness (QED) is 0.856. The van der Waals surface area contributed by atoms with E-state index in [9.17, 15) is 0 Å². The first-order valence-corrected chi connectivity index (χ1v) is 7.60. The number of likely N-dealkylation sites (N-methyl/N-ethyl adjacent to an activating group) is 1. The smallest absolute Gasteiger partial charge is 0.119 e. The van der Waals surface area contributed by atoms with Gasteiger partial charge in [0.2, 0.25) is 0 Å². The molecule has 3 heteroatoms. The number of hydrogen-bond acceptors (Lipinski definition) is 2. The third-order valence-electron chi connectivity index (χ3n) is 3.28. The Hall–Kier alpha value is -1.32. The fourth-order valence-corrected chi connectivity index (χ4v) is 2.19. The van der Waals surface area contributed by atoms with Gasteiger partial charge in [0.25, 0.3) is 0 Å². The zero-order valence-electron chi connectivity index (χ0n) is 11.9. The fourth-order valence-electron chi connectivity index (χ4n) is 1.92. The Kier molecular flexibility index (Phi) is 5.62. The van der Waals surface area contributed by atoms with Crippen LogP contribution in [0.5, 0.6) is 5.75 Å². The molecule has 2 aromatic carbocycles. The molecule has 0 radical (unpaired) electrons. The molecule has 20 heavy (non-hydrogen) atoms.